The minimum atomic E-state index is -0.232. The van der Waals surface area contributed by atoms with E-state index in [0.717, 1.165) is 5.56 Å². The fourth-order valence-corrected chi connectivity index (χ4v) is 1.13. The van der Waals surface area contributed by atoms with Gasteiger partial charge in [-0.25, -0.2) is 0 Å². The van der Waals surface area contributed by atoms with Crippen molar-refractivity contribution in [2.45, 2.75) is 0 Å². The molecule has 0 heterocycles. The van der Waals surface area contributed by atoms with Crippen LogP contribution < -0.4 is 0 Å². The predicted octanol–water partition coefficient (Wildman–Crippen LogP) is 2.56. The average molecular weight is 283 g/mol. The maximum Gasteiger partial charge on any atom is 0.232 e. The third-order valence-corrected chi connectivity index (χ3v) is 2.02. The maximum absolute atomic E-state index is 10.9. The summed E-state index contributed by atoms with van der Waals surface area (Å²) in [6.07, 6.45) is 1.58. The first-order valence-corrected chi connectivity index (χ1v) is 4.68. The molecule has 0 aliphatic rings. The summed E-state index contributed by atoms with van der Waals surface area (Å²) >= 11 is 1.60. The van der Waals surface area contributed by atoms with Gasteiger partial charge in [0, 0.05) is 22.6 Å². The van der Waals surface area contributed by atoms with Crippen molar-refractivity contribution < 1.29 is 4.79 Å². The Labute approximate surface area is 90.0 Å². The molecule has 1 aromatic rings. The lowest BCUT2D eigenvalue weighted by Crippen LogP contribution is -1.88. The summed E-state index contributed by atoms with van der Waals surface area (Å²) in [6, 6.07) is 11.1. The number of rotatable bonds is 2. The molecule has 0 atom stereocenters. The van der Waals surface area contributed by atoms with E-state index in [4.69, 9.17) is 5.26 Å². The number of benzene rings is 1. The normalized spacial score (nSPS) is 10.6. The van der Waals surface area contributed by atoms with Crippen LogP contribution in [0.4, 0.5) is 0 Å². The summed E-state index contributed by atoms with van der Waals surface area (Å²) in [5, 5.41) is 8.61. The minimum absolute atomic E-state index is 0.173. The molecule has 1 rings (SSSR count). The van der Waals surface area contributed by atoms with Crippen LogP contribution in [0.15, 0.2) is 35.9 Å². The first-order valence-electron chi connectivity index (χ1n) is 3.60. The zero-order valence-corrected chi connectivity index (χ0v) is 8.86. The molecule has 1 aromatic carbocycles. The van der Waals surface area contributed by atoms with Crippen LogP contribution in [0.1, 0.15) is 5.56 Å². The summed E-state index contributed by atoms with van der Waals surface area (Å²) in [4.78, 5) is 10.9. The van der Waals surface area contributed by atoms with Crippen molar-refractivity contribution in [2.24, 2.45) is 0 Å². The average Bonchev–Trinajstić information content (AvgIpc) is 2.15. The molecule has 3 heteroatoms. The Morgan fingerprint density at radius 3 is 2.46 bits per heavy atom. The number of hydrogen-bond donors (Lipinski definition) is 0. The molecule has 13 heavy (non-hydrogen) atoms. The zero-order valence-electron chi connectivity index (χ0n) is 6.70. The number of carbonyl (C=O) groups excluding carboxylic acids is 1. The number of nitriles is 1. The second-order valence-electron chi connectivity index (χ2n) is 2.35. The Morgan fingerprint density at radius 2 is 2.00 bits per heavy atom. The van der Waals surface area contributed by atoms with E-state index in [0.29, 0.717) is 0 Å². The molecule has 0 spiro atoms. The molecule has 0 aliphatic heterocycles. The van der Waals surface area contributed by atoms with Gasteiger partial charge in [-0.2, -0.15) is 5.26 Å². The Bertz CT molecular complexity index is 376. The SMILES string of the molecule is N#CC(=Cc1ccccc1)C(=O)I. The molecule has 0 fully saturated rings. The highest BCUT2D eigenvalue weighted by atomic mass is 127. The molecule has 64 valence electrons. The van der Waals surface area contributed by atoms with Crippen LogP contribution in [0.2, 0.25) is 0 Å². The van der Waals surface area contributed by atoms with Crippen molar-refractivity contribution in [3.05, 3.63) is 41.5 Å². The predicted molar refractivity (Wildman–Crippen MR) is 59.1 cm³/mol. The van der Waals surface area contributed by atoms with E-state index in [9.17, 15) is 4.79 Å². The van der Waals surface area contributed by atoms with Crippen LogP contribution in [0.3, 0.4) is 0 Å². The van der Waals surface area contributed by atoms with E-state index in [1.807, 2.05) is 36.4 Å². The summed E-state index contributed by atoms with van der Waals surface area (Å²) in [6.45, 7) is 0. The second-order valence-corrected chi connectivity index (χ2v) is 3.33. The molecular weight excluding hydrogens is 277 g/mol. The van der Waals surface area contributed by atoms with E-state index >= 15 is 0 Å². The van der Waals surface area contributed by atoms with Gasteiger partial charge in [-0.05, 0) is 11.6 Å². The van der Waals surface area contributed by atoms with Gasteiger partial charge in [0.1, 0.15) is 11.6 Å². The Kier molecular flexibility index (Phi) is 3.65. The number of allylic oxidation sites excluding steroid dienone is 1. The third kappa shape index (κ3) is 2.99. The van der Waals surface area contributed by atoms with Crippen LogP contribution >= 0.6 is 22.6 Å². The molecule has 0 saturated heterocycles. The second kappa shape index (κ2) is 4.77. The van der Waals surface area contributed by atoms with E-state index in [1.165, 1.54) is 0 Å². The lowest BCUT2D eigenvalue weighted by Gasteiger charge is -1.91. The quantitative estimate of drug-likeness (QED) is 0.362. The molecule has 0 saturated carbocycles. The number of carbonyl (C=O) groups is 1. The number of halogens is 1. The third-order valence-electron chi connectivity index (χ3n) is 1.44. The fourth-order valence-electron chi connectivity index (χ4n) is 0.849. The van der Waals surface area contributed by atoms with Gasteiger partial charge in [0.2, 0.25) is 3.79 Å². The highest BCUT2D eigenvalue weighted by Crippen LogP contribution is 2.09. The van der Waals surface area contributed by atoms with Gasteiger partial charge >= 0.3 is 0 Å². The zero-order chi connectivity index (χ0) is 9.68. The Morgan fingerprint density at radius 1 is 1.38 bits per heavy atom. The summed E-state index contributed by atoms with van der Waals surface area (Å²) in [5.74, 6) is 0. The van der Waals surface area contributed by atoms with E-state index < -0.39 is 0 Å². The number of hydrogen-bond acceptors (Lipinski definition) is 2. The van der Waals surface area contributed by atoms with Gasteiger partial charge in [-0.1, -0.05) is 30.3 Å². The molecule has 0 aromatic heterocycles. The summed E-state index contributed by atoms with van der Waals surface area (Å²) in [5.41, 5.74) is 1.04. The van der Waals surface area contributed by atoms with Crippen molar-refractivity contribution >= 4 is 32.5 Å². The largest absolute Gasteiger partial charge is 0.281 e. The van der Waals surface area contributed by atoms with Gasteiger partial charge in [-0.15, -0.1) is 0 Å². The van der Waals surface area contributed by atoms with Crippen molar-refractivity contribution in [1.82, 2.24) is 0 Å². The smallest absolute Gasteiger partial charge is 0.232 e. The van der Waals surface area contributed by atoms with E-state index in [1.54, 1.807) is 28.7 Å². The van der Waals surface area contributed by atoms with E-state index in [2.05, 4.69) is 0 Å². The van der Waals surface area contributed by atoms with E-state index in [-0.39, 0.29) is 9.36 Å². The lowest BCUT2D eigenvalue weighted by atomic mass is 10.1. The van der Waals surface area contributed by atoms with Crippen LogP contribution in [-0.4, -0.2) is 3.79 Å². The monoisotopic (exact) mass is 283 g/mol. The molecule has 0 bridgehead atoms. The topological polar surface area (TPSA) is 40.9 Å². The van der Waals surface area contributed by atoms with Gasteiger partial charge in [-0.3, -0.25) is 4.79 Å². The summed E-state index contributed by atoms with van der Waals surface area (Å²) in [7, 11) is 0. The van der Waals surface area contributed by atoms with Crippen LogP contribution in [0.5, 0.6) is 0 Å². The first-order chi connectivity index (χ1) is 6.24. The van der Waals surface area contributed by atoms with Crippen LogP contribution in [-0.2, 0) is 4.79 Å². The van der Waals surface area contributed by atoms with Gasteiger partial charge in [0.05, 0.1) is 0 Å². The van der Waals surface area contributed by atoms with Crippen molar-refractivity contribution in [1.29, 1.82) is 5.26 Å². The molecule has 0 aliphatic carbocycles. The van der Waals surface area contributed by atoms with Gasteiger partial charge in [0.15, 0.2) is 0 Å². The van der Waals surface area contributed by atoms with Crippen LogP contribution in [0, 0.1) is 11.3 Å². The summed E-state index contributed by atoms with van der Waals surface area (Å²) < 4.78 is -0.232. The molecule has 0 radical (unpaired) electrons. The number of nitrogens with zero attached hydrogens (tertiary/aromatic N) is 1. The molecule has 0 N–H and O–H groups in total. The van der Waals surface area contributed by atoms with Crippen LogP contribution in [0.25, 0.3) is 6.08 Å². The van der Waals surface area contributed by atoms with Gasteiger partial charge in [0.25, 0.3) is 0 Å². The van der Waals surface area contributed by atoms with Crippen molar-refractivity contribution in [3.8, 4) is 6.07 Å². The maximum atomic E-state index is 10.9. The molecule has 0 amide bonds. The minimum Gasteiger partial charge on any atom is -0.281 e. The standard InChI is InChI=1S/C10H6INO/c11-10(13)9(7-12)6-8-4-2-1-3-5-8/h1-6H. The highest BCUT2D eigenvalue weighted by molar-refractivity contribution is 14.1. The first kappa shape index (κ1) is 9.93. The molecular formula is C10H6INO. The van der Waals surface area contributed by atoms with Crippen molar-refractivity contribution in [2.75, 3.05) is 0 Å². The fraction of sp³-hybridized carbons (Fsp3) is 0. The Hall–Kier alpha value is -1.15. The Balaban J connectivity index is 3.01. The van der Waals surface area contributed by atoms with Crippen molar-refractivity contribution in [3.63, 3.8) is 0 Å². The highest BCUT2D eigenvalue weighted by Gasteiger charge is 2.02. The molecule has 2 nitrogen and oxygen atoms in total. The lowest BCUT2D eigenvalue weighted by molar-refractivity contribution is -0.106. The molecule has 0 unspecified atom stereocenters. The van der Waals surface area contributed by atoms with Gasteiger partial charge < -0.3 is 0 Å².